The third-order valence-electron chi connectivity index (χ3n) is 3.14. The first-order chi connectivity index (χ1) is 8.35. The third kappa shape index (κ3) is 2.71. The van der Waals surface area contributed by atoms with Crippen LogP contribution >= 0.6 is 0 Å². The lowest BCUT2D eigenvalue weighted by Gasteiger charge is -2.35. The minimum Gasteiger partial charge on any atom is -0.338 e. The summed E-state index contributed by atoms with van der Waals surface area (Å²) < 4.78 is 0. The van der Waals surface area contributed by atoms with Crippen LogP contribution in [0.4, 0.5) is 5.95 Å². The van der Waals surface area contributed by atoms with Crippen LogP contribution in [0.1, 0.15) is 31.4 Å². The summed E-state index contributed by atoms with van der Waals surface area (Å²) in [5.41, 5.74) is 6.06. The van der Waals surface area contributed by atoms with Gasteiger partial charge in [-0.3, -0.25) is 0 Å². The molecule has 1 atom stereocenters. The Morgan fingerprint density at radius 1 is 1.53 bits per heavy atom. The van der Waals surface area contributed by atoms with Gasteiger partial charge in [-0.05, 0) is 38.3 Å². The lowest BCUT2D eigenvalue weighted by Crippen LogP contribution is -2.41. The van der Waals surface area contributed by atoms with E-state index in [2.05, 4.69) is 20.9 Å². The first kappa shape index (κ1) is 11.8. The van der Waals surface area contributed by atoms with E-state index in [0.29, 0.717) is 24.2 Å². The van der Waals surface area contributed by atoms with Crippen LogP contribution in [0.25, 0.3) is 0 Å². The van der Waals surface area contributed by atoms with Crippen molar-refractivity contribution in [3.05, 3.63) is 18.0 Å². The smallest absolute Gasteiger partial charge is 0.226 e. The summed E-state index contributed by atoms with van der Waals surface area (Å²) in [5.74, 6) is 0.669. The highest BCUT2D eigenvalue weighted by Gasteiger charge is 2.23. The van der Waals surface area contributed by atoms with E-state index in [-0.39, 0.29) is 0 Å². The number of aromatic nitrogens is 2. The van der Waals surface area contributed by atoms with E-state index in [1.165, 1.54) is 6.42 Å². The van der Waals surface area contributed by atoms with Crippen LogP contribution < -0.4 is 10.6 Å². The van der Waals surface area contributed by atoms with Crippen LogP contribution in [-0.4, -0.2) is 29.1 Å². The molecule has 1 fully saturated rings. The second-order valence-electron chi connectivity index (χ2n) is 4.27. The van der Waals surface area contributed by atoms with Crippen LogP contribution in [0.15, 0.2) is 12.3 Å². The summed E-state index contributed by atoms with van der Waals surface area (Å²) in [7, 11) is 0. The van der Waals surface area contributed by atoms with Crippen LogP contribution in [0, 0.1) is 11.3 Å². The van der Waals surface area contributed by atoms with Crippen molar-refractivity contribution < 1.29 is 0 Å². The van der Waals surface area contributed by atoms with E-state index in [1.54, 1.807) is 12.3 Å². The Balaban J connectivity index is 2.20. The number of nitrogens with zero attached hydrogens (tertiary/aromatic N) is 4. The largest absolute Gasteiger partial charge is 0.338 e. The molecule has 0 amide bonds. The fraction of sp³-hybridized carbons (Fsp3) is 0.583. The van der Waals surface area contributed by atoms with Gasteiger partial charge in [-0.15, -0.1) is 0 Å². The zero-order valence-corrected chi connectivity index (χ0v) is 9.84. The molecule has 0 radical (unpaired) electrons. The predicted molar refractivity (Wildman–Crippen MR) is 65.4 cm³/mol. The number of piperidine rings is 1. The molecular formula is C12H17N5. The molecule has 2 rings (SSSR count). The first-order valence-electron chi connectivity index (χ1n) is 6.05. The fourth-order valence-electron chi connectivity index (χ4n) is 2.31. The molecule has 1 aromatic rings. The van der Waals surface area contributed by atoms with E-state index in [0.717, 1.165) is 25.8 Å². The normalized spacial score (nSPS) is 20.0. The van der Waals surface area contributed by atoms with Crippen molar-refractivity contribution in [1.29, 1.82) is 5.26 Å². The second kappa shape index (κ2) is 5.60. The molecule has 0 bridgehead atoms. The van der Waals surface area contributed by atoms with Gasteiger partial charge in [0.2, 0.25) is 5.95 Å². The fourth-order valence-corrected chi connectivity index (χ4v) is 2.31. The molecule has 1 unspecified atom stereocenters. The highest BCUT2D eigenvalue weighted by Crippen LogP contribution is 2.23. The number of rotatable bonds is 3. The molecule has 5 nitrogen and oxygen atoms in total. The van der Waals surface area contributed by atoms with Crippen molar-refractivity contribution in [3.8, 4) is 6.07 Å². The van der Waals surface area contributed by atoms with Gasteiger partial charge in [0.1, 0.15) is 11.8 Å². The summed E-state index contributed by atoms with van der Waals surface area (Å²) in [5, 5.41) is 8.85. The van der Waals surface area contributed by atoms with Crippen LogP contribution in [0.3, 0.4) is 0 Å². The summed E-state index contributed by atoms with van der Waals surface area (Å²) in [6.07, 6.45) is 6.13. The molecule has 1 aliphatic rings. The van der Waals surface area contributed by atoms with Crippen molar-refractivity contribution in [2.75, 3.05) is 18.0 Å². The van der Waals surface area contributed by atoms with E-state index < -0.39 is 0 Å². The van der Waals surface area contributed by atoms with E-state index in [1.807, 2.05) is 0 Å². The summed E-state index contributed by atoms with van der Waals surface area (Å²) in [4.78, 5) is 10.7. The Labute approximate surface area is 101 Å². The molecule has 1 aromatic heterocycles. The van der Waals surface area contributed by atoms with Gasteiger partial charge in [-0.25, -0.2) is 9.97 Å². The Morgan fingerprint density at radius 2 is 2.41 bits per heavy atom. The van der Waals surface area contributed by atoms with Gasteiger partial charge in [-0.1, -0.05) is 0 Å². The minimum absolute atomic E-state index is 0.419. The van der Waals surface area contributed by atoms with Crippen molar-refractivity contribution >= 4 is 5.95 Å². The van der Waals surface area contributed by atoms with Crippen molar-refractivity contribution in [3.63, 3.8) is 0 Å². The van der Waals surface area contributed by atoms with Gasteiger partial charge in [0.15, 0.2) is 0 Å². The zero-order valence-electron chi connectivity index (χ0n) is 9.84. The van der Waals surface area contributed by atoms with Crippen LogP contribution in [-0.2, 0) is 0 Å². The summed E-state index contributed by atoms with van der Waals surface area (Å²) >= 11 is 0. The molecule has 1 saturated heterocycles. The van der Waals surface area contributed by atoms with Gasteiger partial charge in [0.05, 0.1) is 0 Å². The Morgan fingerprint density at radius 3 is 3.18 bits per heavy atom. The summed E-state index contributed by atoms with van der Waals surface area (Å²) in [6, 6.07) is 4.10. The number of hydrogen-bond donors (Lipinski definition) is 1. The molecule has 2 N–H and O–H groups in total. The monoisotopic (exact) mass is 231 g/mol. The van der Waals surface area contributed by atoms with Gasteiger partial charge >= 0.3 is 0 Å². The minimum atomic E-state index is 0.419. The SMILES string of the molecule is N#Cc1ccnc(N2CCCCC2CCN)n1. The molecule has 90 valence electrons. The molecule has 1 aliphatic heterocycles. The number of anilines is 1. The molecular weight excluding hydrogens is 214 g/mol. The maximum atomic E-state index is 8.85. The van der Waals surface area contributed by atoms with Gasteiger partial charge in [0.25, 0.3) is 0 Å². The molecule has 0 saturated carbocycles. The Bertz CT molecular complexity index is 410. The predicted octanol–water partition coefficient (Wildman–Crippen LogP) is 1.06. The molecule has 5 heteroatoms. The highest BCUT2D eigenvalue weighted by atomic mass is 15.3. The first-order valence-corrected chi connectivity index (χ1v) is 6.05. The average molecular weight is 231 g/mol. The maximum absolute atomic E-state index is 8.85. The number of nitrogens with two attached hydrogens (primary N) is 1. The molecule has 0 aromatic carbocycles. The van der Waals surface area contributed by atoms with Crippen molar-refractivity contribution in [2.45, 2.75) is 31.7 Å². The second-order valence-corrected chi connectivity index (χ2v) is 4.27. The highest BCUT2D eigenvalue weighted by molar-refractivity contribution is 5.35. The molecule has 0 aliphatic carbocycles. The molecule has 0 spiro atoms. The standard InChI is InChI=1S/C12H17N5/c13-6-4-11-3-1-2-8-17(11)12-15-7-5-10(9-14)16-12/h5,7,11H,1-4,6,8,13H2. The third-order valence-corrected chi connectivity index (χ3v) is 3.14. The average Bonchev–Trinajstić information content (AvgIpc) is 2.40. The zero-order chi connectivity index (χ0) is 12.1. The topological polar surface area (TPSA) is 78.8 Å². The number of nitriles is 1. The lowest BCUT2D eigenvalue weighted by atomic mass is 10.00. The molecule has 17 heavy (non-hydrogen) atoms. The van der Waals surface area contributed by atoms with E-state index in [4.69, 9.17) is 11.0 Å². The lowest BCUT2D eigenvalue weighted by molar-refractivity contribution is 0.435. The van der Waals surface area contributed by atoms with Gasteiger partial charge < -0.3 is 10.6 Å². The number of hydrogen-bond acceptors (Lipinski definition) is 5. The van der Waals surface area contributed by atoms with E-state index >= 15 is 0 Å². The van der Waals surface area contributed by atoms with Crippen LogP contribution in [0.2, 0.25) is 0 Å². The van der Waals surface area contributed by atoms with Crippen molar-refractivity contribution in [1.82, 2.24) is 9.97 Å². The van der Waals surface area contributed by atoms with Gasteiger partial charge in [-0.2, -0.15) is 5.26 Å². The Kier molecular flexibility index (Phi) is 3.89. The molecule has 2 heterocycles. The van der Waals surface area contributed by atoms with Crippen LogP contribution in [0.5, 0.6) is 0 Å². The maximum Gasteiger partial charge on any atom is 0.226 e. The quantitative estimate of drug-likeness (QED) is 0.841. The Hall–Kier alpha value is -1.67. The van der Waals surface area contributed by atoms with E-state index in [9.17, 15) is 0 Å². The van der Waals surface area contributed by atoms with Gasteiger partial charge in [0, 0.05) is 18.8 Å². The van der Waals surface area contributed by atoms with Crippen molar-refractivity contribution in [2.24, 2.45) is 5.73 Å². The summed E-state index contributed by atoms with van der Waals surface area (Å²) in [6.45, 7) is 1.64.